The zero-order valence-electron chi connectivity index (χ0n) is 8.55. The van der Waals surface area contributed by atoms with Crippen LogP contribution in [0.2, 0.25) is 0 Å². The maximum absolute atomic E-state index is 10.6. The van der Waals surface area contributed by atoms with Gasteiger partial charge >= 0.3 is 5.97 Å². The number of rotatable bonds is 4. The van der Waals surface area contributed by atoms with Gasteiger partial charge in [-0.25, -0.2) is 0 Å². The summed E-state index contributed by atoms with van der Waals surface area (Å²) in [6, 6.07) is 0. The molecule has 12 heavy (non-hydrogen) atoms. The SMILES string of the molecule is CCCC(C)(CC)C(=O)O.[CH3-].[Y]. The first kappa shape index (κ1) is 18.4. The van der Waals surface area contributed by atoms with Gasteiger partial charge in [0.15, 0.2) is 0 Å². The molecule has 0 heterocycles. The standard InChI is InChI=1S/C8H16O2.CH3.Y/c1-4-6-8(3,5-2)7(9)10;;/h4-6H2,1-3H3,(H,9,10);1H3;/q;-1;. The van der Waals surface area contributed by atoms with Crippen LogP contribution >= 0.6 is 0 Å². The van der Waals surface area contributed by atoms with Gasteiger partial charge < -0.3 is 12.5 Å². The van der Waals surface area contributed by atoms with Crippen molar-refractivity contribution in [3.63, 3.8) is 0 Å². The van der Waals surface area contributed by atoms with Crippen molar-refractivity contribution < 1.29 is 42.6 Å². The Balaban J connectivity index is -0.000000405. The van der Waals surface area contributed by atoms with Crippen LogP contribution in [0.1, 0.15) is 40.0 Å². The normalized spacial score (nSPS) is 13.6. The first-order chi connectivity index (χ1) is 4.56. The molecule has 3 heteroatoms. The van der Waals surface area contributed by atoms with Crippen molar-refractivity contribution >= 4 is 5.97 Å². The van der Waals surface area contributed by atoms with Crippen molar-refractivity contribution in [1.82, 2.24) is 0 Å². The van der Waals surface area contributed by atoms with Crippen molar-refractivity contribution in [2.24, 2.45) is 5.41 Å². The summed E-state index contributed by atoms with van der Waals surface area (Å²) in [7, 11) is 0. The van der Waals surface area contributed by atoms with Crippen LogP contribution in [-0.4, -0.2) is 11.1 Å². The molecule has 0 saturated carbocycles. The van der Waals surface area contributed by atoms with Gasteiger partial charge in [0, 0.05) is 32.7 Å². The van der Waals surface area contributed by atoms with E-state index < -0.39 is 11.4 Å². The topological polar surface area (TPSA) is 37.3 Å². The minimum atomic E-state index is -0.670. The summed E-state index contributed by atoms with van der Waals surface area (Å²) in [6.45, 7) is 5.74. The van der Waals surface area contributed by atoms with E-state index in [1.165, 1.54) is 0 Å². The van der Waals surface area contributed by atoms with Crippen LogP contribution in [0.15, 0.2) is 0 Å². The fourth-order valence-corrected chi connectivity index (χ4v) is 0.987. The third-order valence-electron chi connectivity index (χ3n) is 2.10. The fraction of sp³-hybridized carbons (Fsp3) is 0.778. The van der Waals surface area contributed by atoms with E-state index in [1.54, 1.807) is 6.92 Å². The molecule has 0 aliphatic rings. The number of hydrogen-bond donors (Lipinski definition) is 1. The van der Waals surface area contributed by atoms with Crippen molar-refractivity contribution in [3.05, 3.63) is 7.43 Å². The van der Waals surface area contributed by atoms with E-state index in [0.717, 1.165) is 19.3 Å². The largest absolute Gasteiger partial charge is 0.481 e. The maximum atomic E-state index is 10.6. The molecule has 0 rings (SSSR count). The molecule has 0 spiro atoms. The maximum Gasteiger partial charge on any atom is 0.309 e. The van der Waals surface area contributed by atoms with Crippen LogP contribution in [0, 0.1) is 12.8 Å². The quantitative estimate of drug-likeness (QED) is 0.776. The smallest absolute Gasteiger partial charge is 0.309 e. The summed E-state index contributed by atoms with van der Waals surface area (Å²) in [5.41, 5.74) is -0.491. The number of carbonyl (C=O) groups is 1. The van der Waals surface area contributed by atoms with Crippen molar-refractivity contribution in [2.45, 2.75) is 40.0 Å². The van der Waals surface area contributed by atoms with Crippen LogP contribution in [0.4, 0.5) is 0 Å². The molecular formula is C9H19O2Y-. The molecule has 0 fully saturated rings. The third-order valence-corrected chi connectivity index (χ3v) is 2.10. The van der Waals surface area contributed by atoms with Gasteiger partial charge in [-0.1, -0.05) is 20.3 Å². The average molecular weight is 248 g/mol. The van der Waals surface area contributed by atoms with Crippen molar-refractivity contribution in [3.8, 4) is 0 Å². The van der Waals surface area contributed by atoms with Crippen LogP contribution in [0.5, 0.6) is 0 Å². The number of aliphatic carboxylic acids is 1. The molecule has 0 aliphatic carbocycles. The van der Waals surface area contributed by atoms with Gasteiger partial charge in [-0.15, -0.1) is 0 Å². The van der Waals surface area contributed by atoms with Crippen LogP contribution < -0.4 is 0 Å². The summed E-state index contributed by atoms with van der Waals surface area (Å²) >= 11 is 0. The molecule has 0 aliphatic heterocycles. The van der Waals surface area contributed by atoms with Crippen LogP contribution in [0.3, 0.4) is 0 Å². The Morgan fingerprint density at radius 1 is 1.42 bits per heavy atom. The Kier molecular flexibility index (Phi) is 12.5. The van der Waals surface area contributed by atoms with Gasteiger partial charge in [0.25, 0.3) is 0 Å². The molecule has 0 bridgehead atoms. The predicted molar refractivity (Wildman–Crippen MR) is 47.4 cm³/mol. The van der Waals surface area contributed by atoms with Gasteiger partial charge in [-0.3, -0.25) is 4.79 Å². The van der Waals surface area contributed by atoms with E-state index in [-0.39, 0.29) is 40.1 Å². The Hall–Kier alpha value is 0.574. The second-order valence-corrected chi connectivity index (χ2v) is 2.97. The van der Waals surface area contributed by atoms with Gasteiger partial charge in [0.2, 0.25) is 0 Å². The van der Waals surface area contributed by atoms with E-state index in [1.807, 2.05) is 13.8 Å². The summed E-state index contributed by atoms with van der Waals surface area (Å²) in [5, 5.41) is 8.76. The molecular weight excluding hydrogens is 229 g/mol. The predicted octanol–water partition coefficient (Wildman–Crippen LogP) is 2.74. The molecule has 0 aromatic heterocycles. The summed E-state index contributed by atoms with van der Waals surface area (Å²) in [6.07, 6.45) is 2.44. The number of hydrogen-bond acceptors (Lipinski definition) is 1. The Bertz CT molecular complexity index is 126. The molecule has 0 aromatic carbocycles. The number of carboxylic acid groups (broad SMARTS) is 1. The Labute approximate surface area is 101 Å². The van der Waals surface area contributed by atoms with E-state index in [0.29, 0.717) is 0 Å². The molecule has 2 nitrogen and oxygen atoms in total. The molecule has 71 valence electrons. The van der Waals surface area contributed by atoms with Crippen LogP contribution in [-0.2, 0) is 37.5 Å². The van der Waals surface area contributed by atoms with Gasteiger partial charge in [0.05, 0.1) is 5.41 Å². The molecule has 0 amide bonds. The summed E-state index contributed by atoms with van der Waals surface area (Å²) in [4.78, 5) is 10.6. The third kappa shape index (κ3) is 5.26. The van der Waals surface area contributed by atoms with Crippen molar-refractivity contribution in [2.75, 3.05) is 0 Å². The van der Waals surface area contributed by atoms with Crippen LogP contribution in [0.25, 0.3) is 0 Å². The molecule has 0 saturated heterocycles. The first-order valence-corrected chi connectivity index (χ1v) is 3.80. The van der Waals surface area contributed by atoms with E-state index in [4.69, 9.17) is 5.11 Å². The second-order valence-electron chi connectivity index (χ2n) is 2.97. The Morgan fingerprint density at radius 3 is 1.92 bits per heavy atom. The van der Waals surface area contributed by atoms with Gasteiger partial charge in [-0.2, -0.15) is 0 Å². The zero-order valence-corrected chi connectivity index (χ0v) is 11.4. The Morgan fingerprint density at radius 2 is 1.83 bits per heavy atom. The fourth-order valence-electron chi connectivity index (χ4n) is 0.987. The van der Waals surface area contributed by atoms with Gasteiger partial charge in [0.1, 0.15) is 0 Å². The summed E-state index contributed by atoms with van der Waals surface area (Å²) in [5.74, 6) is -0.670. The van der Waals surface area contributed by atoms with E-state index in [9.17, 15) is 4.79 Å². The summed E-state index contributed by atoms with van der Waals surface area (Å²) < 4.78 is 0. The zero-order chi connectivity index (χ0) is 8.20. The average Bonchev–Trinajstić information content (AvgIpc) is 1.88. The molecule has 1 radical (unpaired) electrons. The molecule has 1 atom stereocenters. The first-order valence-electron chi connectivity index (χ1n) is 3.80. The van der Waals surface area contributed by atoms with E-state index >= 15 is 0 Å². The molecule has 1 unspecified atom stereocenters. The molecule has 0 aromatic rings. The second kappa shape index (κ2) is 8.18. The van der Waals surface area contributed by atoms with Gasteiger partial charge in [-0.05, 0) is 19.8 Å². The van der Waals surface area contributed by atoms with E-state index in [2.05, 4.69) is 0 Å². The molecule has 1 N–H and O–H groups in total. The minimum absolute atomic E-state index is 0. The van der Waals surface area contributed by atoms with Crippen molar-refractivity contribution in [1.29, 1.82) is 0 Å². The monoisotopic (exact) mass is 248 g/mol. The minimum Gasteiger partial charge on any atom is -0.481 e. The number of carboxylic acids is 1.